The predicted molar refractivity (Wildman–Crippen MR) is 48.9 cm³/mol. The number of nitrogens with zero attached hydrogens (tertiary/aromatic N) is 1. The predicted octanol–water partition coefficient (Wildman–Crippen LogP) is 2.18. The summed E-state index contributed by atoms with van der Waals surface area (Å²) in [6.45, 7) is 8.00. The highest BCUT2D eigenvalue weighted by Gasteiger charge is 1.90. The summed E-state index contributed by atoms with van der Waals surface area (Å²) in [5.74, 6) is 0.710. The lowest BCUT2D eigenvalue weighted by Crippen LogP contribution is -2.01. The Morgan fingerprint density at radius 2 is 2.18 bits per heavy atom. The number of ether oxygens (including phenoxy) is 1. The van der Waals surface area contributed by atoms with Crippen molar-refractivity contribution in [2.75, 3.05) is 13.7 Å². The standard InChI is InChI=1S/C9H15NO/c1-5-6-8(2)7-11-9(3)10-4/h5-6H,1,7H2,2-4H3/b8-6+,10-9?. The SMILES string of the molecule is C=C/C=C(\C)COC(C)=NC. The average Bonchev–Trinajstić information content (AvgIpc) is 2.01. The van der Waals surface area contributed by atoms with Crippen molar-refractivity contribution in [1.29, 1.82) is 0 Å². The number of allylic oxidation sites excluding steroid dienone is 2. The molecule has 0 aliphatic carbocycles. The smallest absolute Gasteiger partial charge is 0.180 e. The Balaban J connectivity index is 3.70. The fourth-order valence-corrected chi connectivity index (χ4v) is 0.532. The molecule has 0 N–H and O–H groups in total. The van der Waals surface area contributed by atoms with Gasteiger partial charge in [-0.1, -0.05) is 18.7 Å². The van der Waals surface area contributed by atoms with Crippen LogP contribution in [0.1, 0.15) is 13.8 Å². The minimum absolute atomic E-state index is 0.592. The first kappa shape index (κ1) is 9.95. The zero-order chi connectivity index (χ0) is 8.69. The molecule has 0 radical (unpaired) electrons. The Labute approximate surface area is 68.3 Å². The molecule has 0 saturated carbocycles. The maximum Gasteiger partial charge on any atom is 0.180 e. The van der Waals surface area contributed by atoms with Gasteiger partial charge in [0.05, 0.1) is 0 Å². The summed E-state index contributed by atoms with van der Waals surface area (Å²) in [7, 11) is 1.71. The van der Waals surface area contributed by atoms with Crippen LogP contribution in [0.2, 0.25) is 0 Å². The van der Waals surface area contributed by atoms with Crippen molar-refractivity contribution in [3.8, 4) is 0 Å². The van der Waals surface area contributed by atoms with Crippen LogP contribution < -0.4 is 0 Å². The van der Waals surface area contributed by atoms with Crippen LogP contribution in [0.3, 0.4) is 0 Å². The molecule has 62 valence electrons. The van der Waals surface area contributed by atoms with Gasteiger partial charge in [0.2, 0.25) is 0 Å². The van der Waals surface area contributed by atoms with E-state index >= 15 is 0 Å². The molecule has 0 spiro atoms. The second-order valence-corrected chi connectivity index (χ2v) is 2.28. The maximum absolute atomic E-state index is 5.24. The van der Waals surface area contributed by atoms with Crippen LogP contribution in [0.25, 0.3) is 0 Å². The van der Waals surface area contributed by atoms with E-state index in [4.69, 9.17) is 4.74 Å². The topological polar surface area (TPSA) is 21.6 Å². The van der Waals surface area contributed by atoms with E-state index in [9.17, 15) is 0 Å². The van der Waals surface area contributed by atoms with Crippen LogP contribution in [0.4, 0.5) is 0 Å². The van der Waals surface area contributed by atoms with Gasteiger partial charge in [0.1, 0.15) is 6.61 Å². The molecule has 0 fully saturated rings. The summed E-state index contributed by atoms with van der Waals surface area (Å²) in [6.07, 6.45) is 3.67. The molecule has 2 heteroatoms. The Morgan fingerprint density at radius 1 is 1.55 bits per heavy atom. The molecule has 0 aromatic heterocycles. The third-order valence-electron chi connectivity index (χ3n) is 1.23. The van der Waals surface area contributed by atoms with Crippen LogP contribution in [0, 0.1) is 0 Å². The molecule has 2 nitrogen and oxygen atoms in total. The van der Waals surface area contributed by atoms with Crippen LogP contribution >= 0.6 is 0 Å². The molecule has 0 aliphatic heterocycles. The van der Waals surface area contributed by atoms with Crippen LogP contribution in [-0.4, -0.2) is 19.6 Å². The Hall–Kier alpha value is -1.05. The van der Waals surface area contributed by atoms with Crippen molar-refractivity contribution in [2.24, 2.45) is 4.99 Å². The van der Waals surface area contributed by atoms with Gasteiger partial charge < -0.3 is 4.74 Å². The van der Waals surface area contributed by atoms with Gasteiger partial charge in [-0.25, -0.2) is 0 Å². The van der Waals surface area contributed by atoms with Crippen LogP contribution in [0.5, 0.6) is 0 Å². The number of hydrogen-bond acceptors (Lipinski definition) is 2. The maximum atomic E-state index is 5.24. The third-order valence-corrected chi connectivity index (χ3v) is 1.23. The summed E-state index contributed by atoms with van der Waals surface area (Å²) < 4.78 is 5.24. The van der Waals surface area contributed by atoms with E-state index in [1.165, 1.54) is 0 Å². The van der Waals surface area contributed by atoms with Gasteiger partial charge in [0, 0.05) is 14.0 Å². The second-order valence-electron chi connectivity index (χ2n) is 2.28. The highest BCUT2D eigenvalue weighted by molar-refractivity contribution is 5.73. The van der Waals surface area contributed by atoms with Gasteiger partial charge in [0.15, 0.2) is 5.90 Å². The number of hydrogen-bond donors (Lipinski definition) is 0. The molecule has 0 aliphatic rings. The average molecular weight is 153 g/mol. The van der Waals surface area contributed by atoms with E-state index in [2.05, 4.69) is 11.6 Å². The number of aliphatic imine (C=N–C) groups is 1. The van der Waals surface area contributed by atoms with Crippen LogP contribution in [0.15, 0.2) is 29.3 Å². The molecule has 0 aromatic carbocycles. The Morgan fingerprint density at radius 3 is 2.64 bits per heavy atom. The van der Waals surface area contributed by atoms with E-state index in [0.717, 1.165) is 5.57 Å². The fraction of sp³-hybridized carbons (Fsp3) is 0.444. The van der Waals surface area contributed by atoms with Crippen molar-refractivity contribution in [1.82, 2.24) is 0 Å². The van der Waals surface area contributed by atoms with Gasteiger partial charge in [-0.05, 0) is 12.5 Å². The lowest BCUT2D eigenvalue weighted by Gasteiger charge is -2.03. The summed E-state index contributed by atoms with van der Waals surface area (Å²) in [6, 6.07) is 0. The van der Waals surface area contributed by atoms with Gasteiger partial charge in [0.25, 0.3) is 0 Å². The molecule has 0 atom stereocenters. The van der Waals surface area contributed by atoms with Crippen molar-refractivity contribution in [3.05, 3.63) is 24.3 Å². The Kier molecular flexibility index (Phi) is 5.17. The van der Waals surface area contributed by atoms with Gasteiger partial charge >= 0.3 is 0 Å². The van der Waals surface area contributed by atoms with E-state index in [0.29, 0.717) is 12.5 Å². The number of rotatable bonds is 3. The van der Waals surface area contributed by atoms with Crippen molar-refractivity contribution in [2.45, 2.75) is 13.8 Å². The monoisotopic (exact) mass is 153 g/mol. The normalized spacial score (nSPS) is 13.0. The molecule has 0 aromatic rings. The van der Waals surface area contributed by atoms with Gasteiger partial charge in [-0.15, -0.1) is 0 Å². The minimum Gasteiger partial charge on any atom is -0.477 e. The molecule has 0 unspecified atom stereocenters. The Bertz CT molecular complexity index is 180. The molecular weight excluding hydrogens is 138 g/mol. The molecule has 0 amide bonds. The minimum atomic E-state index is 0.592. The largest absolute Gasteiger partial charge is 0.477 e. The van der Waals surface area contributed by atoms with E-state index in [-0.39, 0.29) is 0 Å². The first-order valence-electron chi connectivity index (χ1n) is 3.55. The summed E-state index contributed by atoms with van der Waals surface area (Å²) in [5, 5.41) is 0. The first-order chi connectivity index (χ1) is 5.20. The quantitative estimate of drug-likeness (QED) is 0.346. The first-order valence-corrected chi connectivity index (χ1v) is 3.55. The van der Waals surface area contributed by atoms with Crippen molar-refractivity contribution >= 4 is 5.90 Å². The zero-order valence-electron chi connectivity index (χ0n) is 7.42. The lowest BCUT2D eigenvalue weighted by atomic mass is 10.3. The highest BCUT2D eigenvalue weighted by atomic mass is 16.5. The van der Waals surface area contributed by atoms with Crippen LogP contribution in [-0.2, 0) is 4.74 Å². The molecular formula is C9H15NO. The van der Waals surface area contributed by atoms with E-state index in [1.54, 1.807) is 13.1 Å². The highest BCUT2D eigenvalue weighted by Crippen LogP contribution is 1.94. The summed E-state index contributed by atoms with van der Waals surface area (Å²) >= 11 is 0. The van der Waals surface area contributed by atoms with E-state index in [1.807, 2.05) is 19.9 Å². The van der Waals surface area contributed by atoms with Crippen molar-refractivity contribution < 1.29 is 4.74 Å². The summed E-state index contributed by atoms with van der Waals surface area (Å²) in [4.78, 5) is 3.86. The third kappa shape index (κ3) is 5.40. The van der Waals surface area contributed by atoms with E-state index < -0.39 is 0 Å². The molecule has 11 heavy (non-hydrogen) atoms. The molecule has 0 rings (SSSR count). The lowest BCUT2D eigenvalue weighted by molar-refractivity contribution is 0.336. The molecule has 0 heterocycles. The van der Waals surface area contributed by atoms with Crippen molar-refractivity contribution in [3.63, 3.8) is 0 Å². The molecule has 0 bridgehead atoms. The second kappa shape index (κ2) is 5.71. The van der Waals surface area contributed by atoms with Gasteiger partial charge in [-0.3, -0.25) is 4.99 Å². The summed E-state index contributed by atoms with van der Waals surface area (Å²) in [5.41, 5.74) is 1.14. The van der Waals surface area contributed by atoms with Gasteiger partial charge in [-0.2, -0.15) is 0 Å². The molecule has 0 saturated heterocycles. The fourth-order valence-electron chi connectivity index (χ4n) is 0.532. The zero-order valence-corrected chi connectivity index (χ0v) is 7.42.